The zero-order valence-corrected chi connectivity index (χ0v) is 14.8. The Bertz CT molecular complexity index is 1180. The largest absolute Gasteiger partial charge is 0.586 e. The van der Waals surface area contributed by atoms with Gasteiger partial charge in [-0.2, -0.15) is 4.98 Å². The van der Waals surface area contributed by atoms with Crippen LogP contribution in [-0.2, 0) is 0 Å². The summed E-state index contributed by atoms with van der Waals surface area (Å²) in [6, 6.07) is 6.36. The van der Waals surface area contributed by atoms with E-state index >= 15 is 0 Å². The highest BCUT2D eigenvalue weighted by atomic mass is 35.5. The average Bonchev–Trinajstić information content (AvgIpc) is 3.30. The number of nitrogens with one attached hydrogen (secondary N) is 1. The van der Waals surface area contributed by atoms with Crippen LogP contribution in [0.2, 0.25) is 5.28 Å². The maximum Gasteiger partial charge on any atom is 0.586 e. The molecule has 0 fully saturated rings. The average molecular weight is 408 g/mol. The van der Waals surface area contributed by atoms with Gasteiger partial charge in [0.2, 0.25) is 5.28 Å². The summed E-state index contributed by atoms with van der Waals surface area (Å²) in [5.41, 5.74) is 0.581. The van der Waals surface area contributed by atoms with Crippen LogP contribution >= 0.6 is 22.9 Å². The lowest BCUT2D eigenvalue weighted by Crippen LogP contribution is -2.25. The van der Waals surface area contributed by atoms with Gasteiger partial charge in [0.1, 0.15) is 22.8 Å². The summed E-state index contributed by atoms with van der Waals surface area (Å²) in [5, 5.41) is 5.94. The van der Waals surface area contributed by atoms with Gasteiger partial charge in [-0.15, -0.1) is 20.1 Å². The number of halogens is 3. The van der Waals surface area contributed by atoms with E-state index in [0.717, 1.165) is 10.2 Å². The molecule has 0 aliphatic carbocycles. The minimum Gasteiger partial charge on any atom is -0.395 e. The van der Waals surface area contributed by atoms with Gasteiger partial charge in [-0.25, -0.2) is 9.97 Å². The van der Waals surface area contributed by atoms with Gasteiger partial charge in [-0.3, -0.25) is 0 Å². The van der Waals surface area contributed by atoms with Gasteiger partial charge in [0.05, 0.1) is 17.3 Å². The van der Waals surface area contributed by atoms with Crippen molar-refractivity contribution in [2.45, 2.75) is 6.29 Å². The SMILES string of the molecule is FC1(F)Oc2ccc(-n3cnc(Nc4nc(Cl)nc5sccc45)c3)cc2O1. The van der Waals surface area contributed by atoms with Crippen molar-refractivity contribution in [3.63, 3.8) is 0 Å². The first-order chi connectivity index (χ1) is 13.0. The smallest absolute Gasteiger partial charge is 0.395 e. The maximum atomic E-state index is 13.2. The highest BCUT2D eigenvalue weighted by Crippen LogP contribution is 2.41. The van der Waals surface area contributed by atoms with E-state index in [-0.39, 0.29) is 16.8 Å². The van der Waals surface area contributed by atoms with Crippen LogP contribution in [0.5, 0.6) is 11.5 Å². The number of alkyl halides is 2. The molecular formula is C16H8ClF2N5O2S. The Morgan fingerprint density at radius 3 is 2.89 bits per heavy atom. The minimum atomic E-state index is -3.65. The lowest BCUT2D eigenvalue weighted by molar-refractivity contribution is -0.286. The fourth-order valence-electron chi connectivity index (χ4n) is 2.67. The first kappa shape index (κ1) is 16.2. The zero-order chi connectivity index (χ0) is 18.6. The highest BCUT2D eigenvalue weighted by molar-refractivity contribution is 7.16. The summed E-state index contributed by atoms with van der Waals surface area (Å²) in [7, 11) is 0. The van der Waals surface area contributed by atoms with Crippen molar-refractivity contribution in [3.8, 4) is 17.2 Å². The first-order valence-corrected chi connectivity index (χ1v) is 8.85. The predicted molar refractivity (Wildman–Crippen MR) is 95.5 cm³/mol. The molecule has 0 amide bonds. The van der Waals surface area contributed by atoms with Gasteiger partial charge in [0.15, 0.2) is 11.5 Å². The van der Waals surface area contributed by atoms with E-state index in [1.807, 2.05) is 11.4 Å². The van der Waals surface area contributed by atoms with E-state index in [2.05, 4.69) is 29.7 Å². The molecule has 27 heavy (non-hydrogen) atoms. The lowest BCUT2D eigenvalue weighted by Gasteiger charge is -2.05. The number of aromatic nitrogens is 4. The second kappa shape index (κ2) is 5.76. The molecule has 1 aliphatic heterocycles. The third kappa shape index (κ3) is 2.92. The van der Waals surface area contributed by atoms with Crippen molar-refractivity contribution in [2.75, 3.05) is 5.32 Å². The summed E-state index contributed by atoms with van der Waals surface area (Å²) < 4.78 is 36.8. The summed E-state index contributed by atoms with van der Waals surface area (Å²) in [6.07, 6.45) is -0.434. The minimum absolute atomic E-state index is 0.0160. The number of anilines is 2. The van der Waals surface area contributed by atoms with Crippen molar-refractivity contribution in [2.24, 2.45) is 0 Å². The molecule has 136 valence electrons. The number of hydrogen-bond donors (Lipinski definition) is 1. The van der Waals surface area contributed by atoms with E-state index in [4.69, 9.17) is 11.6 Å². The second-order valence-corrected chi connectivity index (χ2v) is 6.80. The van der Waals surface area contributed by atoms with Gasteiger partial charge in [0.25, 0.3) is 0 Å². The summed E-state index contributed by atoms with van der Waals surface area (Å²) in [5.74, 6) is 0.975. The van der Waals surface area contributed by atoms with Gasteiger partial charge >= 0.3 is 6.29 Å². The van der Waals surface area contributed by atoms with Crippen LogP contribution in [0.3, 0.4) is 0 Å². The molecule has 0 bridgehead atoms. The molecule has 0 spiro atoms. The molecule has 4 heterocycles. The van der Waals surface area contributed by atoms with Crippen LogP contribution in [0.1, 0.15) is 0 Å². The monoisotopic (exact) mass is 407 g/mol. The molecule has 0 unspecified atom stereocenters. The lowest BCUT2D eigenvalue weighted by atomic mass is 10.3. The Balaban J connectivity index is 1.45. The molecule has 0 radical (unpaired) electrons. The number of imidazole rings is 1. The molecule has 3 aromatic heterocycles. The Morgan fingerprint density at radius 1 is 1.15 bits per heavy atom. The number of thiophene rings is 1. The number of ether oxygens (including phenoxy) is 2. The quantitative estimate of drug-likeness (QED) is 0.500. The van der Waals surface area contributed by atoms with Crippen molar-refractivity contribution in [1.29, 1.82) is 0 Å². The number of fused-ring (bicyclic) bond motifs is 2. The third-order valence-corrected chi connectivity index (χ3v) is 4.79. The number of hydrogen-bond acceptors (Lipinski definition) is 7. The molecule has 1 aliphatic rings. The Hall–Kier alpha value is -2.98. The molecular weight excluding hydrogens is 400 g/mol. The number of nitrogens with zero attached hydrogens (tertiary/aromatic N) is 4. The first-order valence-electron chi connectivity index (χ1n) is 7.59. The fourth-order valence-corrected chi connectivity index (χ4v) is 3.66. The van der Waals surface area contributed by atoms with Gasteiger partial charge in [-0.05, 0) is 35.2 Å². The van der Waals surface area contributed by atoms with E-state index in [1.165, 1.54) is 29.8 Å². The molecule has 0 saturated heterocycles. The zero-order valence-electron chi connectivity index (χ0n) is 13.2. The molecule has 1 aromatic carbocycles. The number of rotatable bonds is 3. The Kier molecular flexibility index (Phi) is 3.46. The van der Waals surface area contributed by atoms with Gasteiger partial charge in [0, 0.05) is 6.07 Å². The van der Waals surface area contributed by atoms with Gasteiger partial charge in [-0.1, -0.05) is 0 Å². The molecule has 7 nitrogen and oxygen atoms in total. The van der Waals surface area contributed by atoms with Crippen LogP contribution in [0.4, 0.5) is 20.4 Å². The topological polar surface area (TPSA) is 74.1 Å². The van der Waals surface area contributed by atoms with Crippen LogP contribution < -0.4 is 14.8 Å². The fraction of sp³-hybridized carbons (Fsp3) is 0.0625. The summed E-state index contributed by atoms with van der Waals surface area (Å²) >= 11 is 7.41. The van der Waals surface area contributed by atoms with Gasteiger partial charge < -0.3 is 19.4 Å². The molecule has 11 heteroatoms. The summed E-state index contributed by atoms with van der Waals surface area (Å²) in [6.45, 7) is 0. The van der Waals surface area contributed by atoms with Crippen molar-refractivity contribution >= 4 is 44.8 Å². The van der Waals surface area contributed by atoms with Crippen molar-refractivity contribution in [1.82, 2.24) is 19.5 Å². The Labute approximate surface area is 159 Å². The highest BCUT2D eigenvalue weighted by Gasteiger charge is 2.43. The van der Waals surface area contributed by atoms with E-state index in [1.54, 1.807) is 16.8 Å². The van der Waals surface area contributed by atoms with Crippen LogP contribution in [0.15, 0.2) is 42.2 Å². The number of benzene rings is 1. The van der Waals surface area contributed by atoms with Crippen LogP contribution in [0.25, 0.3) is 15.9 Å². The van der Waals surface area contributed by atoms with E-state index < -0.39 is 6.29 Å². The third-order valence-electron chi connectivity index (χ3n) is 3.81. The molecule has 5 rings (SSSR count). The predicted octanol–water partition coefficient (Wildman–Crippen LogP) is 4.60. The standard InChI is InChI=1S/C16H8ClF2N5O2S/c17-15-22-13(9-3-4-27-14(9)23-15)21-12-6-24(7-20-12)8-1-2-10-11(5-8)26-16(18,19)25-10/h1-7H,(H,21,22,23). The molecule has 1 N–H and O–H groups in total. The second-order valence-electron chi connectivity index (χ2n) is 5.57. The van der Waals surface area contributed by atoms with Crippen molar-refractivity contribution < 1.29 is 18.3 Å². The molecule has 4 aromatic rings. The van der Waals surface area contributed by atoms with Crippen LogP contribution in [-0.4, -0.2) is 25.8 Å². The van der Waals surface area contributed by atoms with E-state index in [0.29, 0.717) is 17.3 Å². The molecule has 0 saturated carbocycles. The van der Waals surface area contributed by atoms with Crippen LogP contribution in [0, 0.1) is 0 Å². The van der Waals surface area contributed by atoms with Crippen molar-refractivity contribution in [3.05, 3.63) is 47.5 Å². The van der Waals surface area contributed by atoms with E-state index in [9.17, 15) is 8.78 Å². The maximum absolute atomic E-state index is 13.2. The Morgan fingerprint density at radius 2 is 2.00 bits per heavy atom. The molecule has 0 atom stereocenters. The normalized spacial score (nSPS) is 14.6. The summed E-state index contributed by atoms with van der Waals surface area (Å²) in [4.78, 5) is 13.4.